The molecule has 1 saturated heterocycles. The predicted octanol–water partition coefficient (Wildman–Crippen LogP) is 0.566. The fourth-order valence-corrected chi connectivity index (χ4v) is 4.62. The first-order chi connectivity index (χ1) is 13.1. The van der Waals surface area contributed by atoms with Gasteiger partial charge in [0.15, 0.2) is 6.54 Å². The van der Waals surface area contributed by atoms with Gasteiger partial charge < -0.3 is 24.6 Å². The van der Waals surface area contributed by atoms with Crippen molar-refractivity contribution >= 4 is 34.1 Å². The lowest BCUT2D eigenvalue weighted by molar-refractivity contribution is -0.907. The summed E-state index contributed by atoms with van der Waals surface area (Å²) < 4.78 is 10.8. The number of amides is 2. The molecule has 2 N–H and O–H groups in total. The molecule has 1 fully saturated rings. The number of carbonyl (C=O) groups is 3. The van der Waals surface area contributed by atoms with E-state index in [1.807, 2.05) is 13.8 Å². The molecular weight excluding hydrogens is 382 g/mol. The number of quaternary nitrogens is 1. The lowest BCUT2D eigenvalue weighted by atomic mass is 10.1. The Bertz CT molecular complexity index is 736. The molecular formula is C19H30N3O5S+. The summed E-state index contributed by atoms with van der Waals surface area (Å²) in [5.41, 5.74) is 0.780. The molecule has 2 amide bonds. The second kappa shape index (κ2) is 9.49. The van der Waals surface area contributed by atoms with Crippen molar-refractivity contribution in [3.8, 4) is 0 Å². The summed E-state index contributed by atoms with van der Waals surface area (Å²) in [6.45, 7) is 9.38. The minimum Gasteiger partial charge on any atom is -0.462 e. The van der Waals surface area contributed by atoms with Gasteiger partial charge in [-0.2, -0.15) is 0 Å². The molecule has 0 spiro atoms. The van der Waals surface area contributed by atoms with Crippen molar-refractivity contribution in [1.82, 2.24) is 4.90 Å². The Hall–Kier alpha value is -1.97. The summed E-state index contributed by atoms with van der Waals surface area (Å²) in [6.07, 6.45) is 0.185. The predicted molar refractivity (Wildman–Crippen MR) is 107 cm³/mol. The second-order valence-corrected chi connectivity index (χ2v) is 8.34. The molecule has 2 heterocycles. The lowest BCUT2D eigenvalue weighted by Gasteiger charge is -2.31. The standard InChI is InChI=1S/C19H29N3O5S/c1-7-26-19(25)15-13(4)16(18(24)21(5)6)28-17(15)20-14(23)10-22-8-11(2)27-12(3)9-22/h11-12H,7-10H2,1-6H3,(H,20,23)/p+1/t11-,12-/m0/s1. The van der Waals surface area contributed by atoms with E-state index in [0.717, 1.165) is 29.3 Å². The lowest BCUT2D eigenvalue weighted by Crippen LogP contribution is -3.16. The zero-order chi connectivity index (χ0) is 21.0. The van der Waals surface area contributed by atoms with Gasteiger partial charge >= 0.3 is 5.97 Å². The first-order valence-corrected chi connectivity index (χ1v) is 10.3. The number of morpholine rings is 1. The molecule has 9 heteroatoms. The summed E-state index contributed by atoms with van der Waals surface area (Å²) in [4.78, 5) is 40.5. The Labute approximate surface area is 169 Å². The third kappa shape index (κ3) is 5.30. The van der Waals surface area contributed by atoms with Gasteiger partial charge in [0.2, 0.25) is 0 Å². The van der Waals surface area contributed by atoms with Gasteiger partial charge in [0.05, 0.1) is 17.0 Å². The molecule has 0 aromatic carbocycles. The molecule has 0 saturated carbocycles. The Morgan fingerprint density at radius 3 is 2.39 bits per heavy atom. The maximum Gasteiger partial charge on any atom is 0.341 e. The Kier molecular flexibility index (Phi) is 7.56. The highest BCUT2D eigenvalue weighted by Gasteiger charge is 2.30. The fraction of sp³-hybridized carbons (Fsp3) is 0.632. The van der Waals surface area contributed by atoms with Gasteiger partial charge in [-0.05, 0) is 33.3 Å². The first kappa shape index (κ1) is 22.3. The van der Waals surface area contributed by atoms with Crippen LogP contribution in [0.2, 0.25) is 0 Å². The molecule has 0 unspecified atom stereocenters. The van der Waals surface area contributed by atoms with Gasteiger partial charge in [-0.15, -0.1) is 11.3 Å². The zero-order valence-electron chi connectivity index (χ0n) is 17.4. The molecule has 1 aliphatic rings. The van der Waals surface area contributed by atoms with Crippen LogP contribution in [0.4, 0.5) is 5.00 Å². The summed E-state index contributed by atoms with van der Waals surface area (Å²) in [5, 5.41) is 3.19. The molecule has 1 aromatic heterocycles. The van der Waals surface area contributed by atoms with Crippen molar-refractivity contribution in [2.45, 2.75) is 39.9 Å². The Morgan fingerprint density at radius 1 is 1.25 bits per heavy atom. The number of anilines is 1. The molecule has 156 valence electrons. The Balaban J connectivity index is 2.22. The number of rotatable bonds is 6. The minimum atomic E-state index is -0.537. The van der Waals surface area contributed by atoms with Crippen LogP contribution >= 0.6 is 11.3 Å². The van der Waals surface area contributed by atoms with E-state index in [9.17, 15) is 14.4 Å². The van der Waals surface area contributed by atoms with E-state index < -0.39 is 5.97 Å². The largest absolute Gasteiger partial charge is 0.462 e. The molecule has 2 atom stereocenters. The van der Waals surface area contributed by atoms with E-state index in [-0.39, 0.29) is 42.7 Å². The van der Waals surface area contributed by atoms with Crippen LogP contribution in [0.1, 0.15) is 46.4 Å². The SMILES string of the molecule is CCOC(=O)c1c(NC(=O)C[NH+]2C[C@H](C)O[C@@H](C)C2)sc(C(=O)N(C)C)c1C. The van der Waals surface area contributed by atoms with E-state index in [1.165, 1.54) is 4.90 Å². The average Bonchev–Trinajstić information content (AvgIpc) is 2.89. The molecule has 8 nitrogen and oxygen atoms in total. The second-order valence-electron chi connectivity index (χ2n) is 7.32. The van der Waals surface area contributed by atoms with Crippen molar-refractivity contribution in [3.63, 3.8) is 0 Å². The van der Waals surface area contributed by atoms with Gasteiger partial charge in [0.25, 0.3) is 11.8 Å². The first-order valence-electron chi connectivity index (χ1n) is 9.45. The van der Waals surface area contributed by atoms with Crippen molar-refractivity contribution in [1.29, 1.82) is 0 Å². The molecule has 1 aromatic rings. The number of thiophene rings is 1. The fourth-order valence-electron chi connectivity index (χ4n) is 3.39. The van der Waals surface area contributed by atoms with Gasteiger partial charge in [-0.25, -0.2) is 4.79 Å². The number of nitrogens with zero attached hydrogens (tertiary/aromatic N) is 1. The van der Waals surface area contributed by atoms with Gasteiger partial charge in [0, 0.05) is 14.1 Å². The summed E-state index contributed by atoms with van der Waals surface area (Å²) in [6, 6.07) is 0. The van der Waals surface area contributed by atoms with Crippen molar-refractivity contribution in [2.75, 3.05) is 45.7 Å². The maximum atomic E-state index is 12.6. The van der Waals surface area contributed by atoms with Gasteiger partial charge in [-0.1, -0.05) is 0 Å². The molecule has 28 heavy (non-hydrogen) atoms. The summed E-state index contributed by atoms with van der Waals surface area (Å²) in [7, 11) is 3.29. The van der Waals surface area contributed by atoms with Crippen LogP contribution in [0.25, 0.3) is 0 Å². The third-order valence-corrected chi connectivity index (χ3v) is 5.70. The maximum absolute atomic E-state index is 12.6. The molecule has 0 bridgehead atoms. The quantitative estimate of drug-likeness (QED) is 0.667. The number of hydrogen-bond acceptors (Lipinski definition) is 6. The third-order valence-electron chi connectivity index (χ3n) is 4.51. The van der Waals surface area contributed by atoms with Crippen molar-refractivity contribution in [2.24, 2.45) is 0 Å². The highest BCUT2D eigenvalue weighted by Crippen LogP contribution is 2.34. The van der Waals surface area contributed by atoms with E-state index in [1.54, 1.807) is 27.9 Å². The van der Waals surface area contributed by atoms with Crippen LogP contribution in [0.5, 0.6) is 0 Å². The molecule has 0 radical (unpaired) electrons. The number of ether oxygens (including phenoxy) is 2. The van der Waals surface area contributed by atoms with Crippen LogP contribution in [0, 0.1) is 6.92 Å². The summed E-state index contributed by atoms with van der Waals surface area (Å²) >= 11 is 1.11. The highest BCUT2D eigenvalue weighted by molar-refractivity contribution is 7.18. The van der Waals surface area contributed by atoms with Crippen LogP contribution < -0.4 is 10.2 Å². The van der Waals surface area contributed by atoms with Crippen LogP contribution in [-0.2, 0) is 14.3 Å². The zero-order valence-corrected chi connectivity index (χ0v) is 18.2. The van der Waals surface area contributed by atoms with Crippen molar-refractivity contribution < 1.29 is 28.8 Å². The average molecular weight is 413 g/mol. The topological polar surface area (TPSA) is 89.4 Å². The van der Waals surface area contributed by atoms with Gasteiger partial charge in [0.1, 0.15) is 30.3 Å². The van der Waals surface area contributed by atoms with Gasteiger partial charge in [-0.3, -0.25) is 9.59 Å². The van der Waals surface area contributed by atoms with E-state index in [0.29, 0.717) is 15.4 Å². The van der Waals surface area contributed by atoms with E-state index in [4.69, 9.17) is 9.47 Å². The minimum absolute atomic E-state index is 0.0925. The van der Waals surface area contributed by atoms with E-state index >= 15 is 0 Å². The normalized spacial score (nSPS) is 21.9. The molecule has 2 rings (SSSR count). The number of nitrogens with one attached hydrogen (secondary N) is 2. The Morgan fingerprint density at radius 2 is 1.86 bits per heavy atom. The van der Waals surface area contributed by atoms with Crippen LogP contribution in [0.3, 0.4) is 0 Å². The smallest absolute Gasteiger partial charge is 0.341 e. The van der Waals surface area contributed by atoms with Crippen LogP contribution in [-0.4, -0.2) is 75.2 Å². The number of esters is 1. The molecule has 0 aliphatic carbocycles. The summed E-state index contributed by atoms with van der Waals surface area (Å²) in [5.74, 6) is -0.952. The highest BCUT2D eigenvalue weighted by atomic mass is 32.1. The number of hydrogen-bond donors (Lipinski definition) is 2. The number of carbonyl (C=O) groups excluding carboxylic acids is 3. The monoisotopic (exact) mass is 412 g/mol. The van der Waals surface area contributed by atoms with Crippen molar-refractivity contribution in [3.05, 3.63) is 16.0 Å². The van der Waals surface area contributed by atoms with E-state index in [2.05, 4.69) is 5.32 Å². The molecule has 1 aliphatic heterocycles. The van der Waals surface area contributed by atoms with Crippen LogP contribution in [0.15, 0.2) is 0 Å².